The van der Waals surface area contributed by atoms with Crippen molar-refractivity contribution in [3.05, 3.63) is 47.4 Å². The number of hydrogen-bond acceptors (Lipinski definition) is 6. The SMILES string of the molecule is CCOc1cc(CN2CCC(NC(=O)c3ccc(NC(C)C)nc3)CC2)cc(OCC)c1F. The molecule has 0 aliphatic carbocycles. The second-order valence-electron chi connectivity index (χ2n) is 8.53. The number of piperidine rings is 1. The van der Waals surface area contributed by atoms with Gasteiger partial charge < -0.3 is 20.1 Å². The van der Waals surface area contributed by atoms with Crippen LogP contribution < -0.4 is 20.1 Å². The minimum absolute atomic E-state index is 0.0988. The van der Waals surface area contributed by atoms with Crippen LogP contribution in [0.2, 0.25) is 0 Å². The highest BCUT2D eigenvalue weighted by atomic mass is 19.1. The van der Waals surface area contributed by atoms with Gasteiger partial charge in [0.05, 0.1) is 18.8 Å². The molecule has 7 nitrogen and oxygen atoms in total. The number of pyridine rings is 1. The Kier molecular flexibility index (Phi) is 8.88. The first-order chi connectivity index (χ1) is 15.9. The number of carbonyl (C=O) groups is 1. The molecule has 1 aromatic heterocycles. The lowest BCUT2D eigenvalue weighted by molar-refractivity contribution is 0.0908. The summed E-state index contributed by atoms with van der Waals surface area (Å²) in [4.78, 5) is 19.2. The van der Waals surface area contributed by atoms with E-state index in [1.807, 2.05) is 33.8 Å². The van der Waals surface area contributed by atoms with Gasteiger partial charge in [-0.3, -0.25) is 9.69 Å². The van der Waals surface area contributed by atoms with E-state index in [1.165, 1.54) is 0 Å². The van der Waals surface area contributed by atoms with Gasteiger partial charge in [-0.1, -0.05) is 0 Å². The molecule has 8 heteroatoms. The van der Waals surface area contributed by atoms with Gasteiger partial charge in [0.2, 0.25) is 5.82 Å². The highest BCUT2D eigenvalue weighted by Gasteiger charge is 2.22. The zero-order valence-corrected chi connectivity index (χ0v) is 20.0. The van der Waals surface area contributed by atoms with Crippen molar-refractivity contribution < 1.29 is 18.7 Å². The summed E-state index contributed by atoms with van der Waals surface area (Å²) in [7, 11) is 0. The number of benzene rings is 1. The Morgan fingerprint density at radius 2 is 1.79 bits per heavy atom. The Hall–Kier alpha value is -2.87. The van der Waals surface area contributed by atoms with Crippen LogP contribution in [0, 0.1) is 5.82 Å². The number of halogens is 1. The first-order valence-corrected chi connectivity index (χ1v) is 11.7. The van der Waals surface area contributed by atoms with E-state index < -0.39 is 5.82 Å². The van der Waals surface area contributed by atoms with Gasteiger partial charge in [0, 0.05) is 37.9 Å². The highest BCUT2D eigenvalue weighted by molar-refractivity contribution is 5.94. The molecule has 3 rings (SSSR count). The van der Waals surface area contributed by atoms with E-state index in [-0.39, 0.29) is 29.5 Å². The molecule has 0 bridgehead atoms. The fourth-order valence-corrected chi connectivity index (χ4v) is 3.91. The molecule has 2 N–H and O–H groups in total. The minimum Gasteiger partial charge on any atom is -0.491 e. The summed E-state index contributed by atoms with van der Waals surface area (Å²) in [5.74, 6) is 0.660. The predicted octanol–water partition coefficient (Wildman–Crippen LogP) is 4.23. The lowest BCUT2D eigenvalue weighted by Crippen LogP contribution is -2.44. The van der Waals surface area contributed by atoms with E-state index in [9.17, 15) is 9.18 Å². The van der Waals surface area contributed by atoms with E-state index in [2.05, 4.69) is 20.5 Å². The summed E-state index contributed by atoms with van der Waals surface area (Å²) in [5, 5.41) is 6.34. The van der Waals surface area contributed by atoms with Crippen molar-refractivity contribution in [3.8, 4) is 11.5 Å². The van der Waals surface area contributed by atoms with E-state index in [0.29, 0.717) is 25.3 Å². The van der Waals surface area contributed by atoms with Gasteiger partial charge in [0.15, 0.2) is 11.5 Å². The standard InChI is InChI=1S/C25H35FN4O3/c1-5-32-21-13-18(14-22(24(21)26)33-6-2)16-30-11-9-20(10-12-30)29-25(31)19-7-8-23(27-15-19)28-17(3)4/h7-8,13-15,17,20H,5-6,9-12,16H2,1-4H3,(H,27,28)(H,29,31). The van der Waals surface area contributed by atoms with Crippen molar-refractivity contribution in [2.45, 2.75) is 59.2 Å². The summed E-state index contributed by atoms with van der Waals surface area (Å²) in [5.41, 5.74) is 1.51. The average molecular weight is 459 g/mol. The first kappa shape index (κ1) is 24.8. The molecule has 1 aliphatic heterocycles. The Bertz CT molecular complexity index is 885. The molecule has 1 fully saturated rings. The molecule has 1 amide bonds. The van der Waals surface area contributed by atoms with Crippen molar-refractivity contribution in [3.63, 3.8) is 0 Å². The monoisotopic (exact) mass is 458 g/mol. The number of nitrogens with zero attached hydrogens (tertiary/aromatic N) is 2. The number of amides is 1. The molecule has 2 aromatic rings. The molecule has 0 atom stereocenters. The number of hydrogen-bond donors (Lipinski definition) is 2. The summed E-state index contributed by atoms with van der Waals surface area (Å²) < 4.78 is 25.4. The molecule has 1 saturated heterocycles. The van der Waals surface area contributed by atoms with E-state index in [0.717, 1.165) is 37.3 Å². The van der Waals surface area contributed by atoms with Crippen LogP contribution in [0.1, 0.15) is 56.5 Å². The molecular formula is C25H35FN4O3. The van der Waals surface area contributed by atoms with Gasteiger partial charge in [-0.25, -0.2) is 4.98 Å². The maximum Gasteiger partial charge on any atom is 0.253 e. The van der Waals surface area contributed by atoms with E-state index in [4.69, 9.17) is 9.47 Å². The fraction of sp³-hybridized carbons (Fsp3) is 0.520. The van der Waals surface area contributed by atoms with Gasteiger partial charge in [0.25, 0.3) is 5.91 Å². The van der Waals surface area contributed by atoms with Crippen LogP contribution in [-0.4, -0.2) is 54.2 Å². The quantitative estimate of drug-likeness (QED) is 0.555. The number of anilines is 1. The lowest BCUT2D eigenvalue weighted by atomic mass is 10.0. The zero-order valence-electron chi connectivity index (χ0n) is 20.0. The van der Waals surface area contributed by atoms with Crippen LogP contribution in [0.15, 0.2) is 30.5 Å². The third kappa shape index (κ3) is 7.05. The molecule has 1 aromatic carbocycles. The molecule has 0 saturated carbocycles. The maximum absolute atomic E-state index is 14.5. The molecule has 0 spiro atoms. The Balaban J connectivity index is 1.53. The van der Waals surface area contributed by atoms with Crippen molar-refractivity contribution >= 4 is 11.7 Å². The lowest BCUT2D eigenvalue weighted by Gasteiger charge is -2.32. The van der Waals surface area contributed by atoms with Gasteiger partial charge in [-0.2, -0.15) is 4.39 Å². The van der Waals surface area contributed by atoms with Crippen LogP contribution in [0.3, 0.4) is 0 Å². The number of rotatable bonds is 10. The zero-order chi connectivity index (χ0) is 23.8. The van der Waals surface area contributed by atoms with Crippen LogP contribution in [0.25, 0.3) is 0 Å². The van der Waals surface area contributed by atoms with Gasteiger partial charge >= 0.3 is 0 Å². The summed E-state index contributed by atoms with van der Waals surface area (Å²) in [6.45, 7) is 10.9. The second kappa shape index (κ2) is 11.8. The Morgan fingerprint density at radius 1 is 1.15 bits per heavy atom. The Labute approximate surface area is 195 Å². The molecular weight excluding hydrogens is 423 g/mol. The van der Waals surface area contributed by atoms with Crippen LogP contribution >= 0.6 is 0 Å². The second-order valence-corrected chi connectivity index (χ2v) is 8.53. The topological polar surface area (TPSA) is 75.7 Å². The first-order valence-electron chi connectivity index (χ1n) is 11.7. The molecule has 180 valence electrons. The number of carbonyl (C=O) groups excluding carboxylic acids is 1. The largest absolute Gasteiger partial charge is 0.491 e. The normalized spacial score (nSPS) is 14.8. The predicted molar refractivity (Wildman–Crippen MR) is 127 cm³/mol. The van der Waals surface area contributed by atoms with Gasteiger partial charge in [0.1, 0.15) is 5.82 Å². The van der Waals surface area contributed by atoms with Crippen LogP contribution in [-0.2, 0) is 6.54 Å². The number of nitrogens with one attached hydrogen (secondary N) is 2. The molecule has 1 aliphatic rings. The molecule has 0 unspecified atom stereocenters. The average Bonchev–Trinajstić information content (AvgIpc) is 2.78. The van der Waals surface area contributed by atoms with Crippen molar-refractivity contribution in [1.82, 2.24) is 15.2 Å². The fourth-order valence-electron chi connectivity index (χ4n) is 3.91. The van der Waals surface area contributed by atoms with Gasteiger partial charge in [-0.05, 0) is 70.4 Å². The van der Waals surface area contributed by atoms with Crippen molar-refractivity contribution in [2.24, 2.45) is 0 Å². The van der Waals surface area contributed by atoms with Crippen LogP contribution in [0.4, 0.5) is 10.2 Å². The summed E-state index contributed by atoms with van der Waals surface area (Å²) in [6.07, 6.45) is 3.31. The highest BCUT2D eigenvalue weighted by Crippen LogP contribution is 2.30. The number of likely N-dealkylation sites (tertiary alicyclic amines) is 1. The third-order valence-corrected chi connectivity index (χ3v) is 5.46. The molecule has 2 heterocycles. The maximum atomic E-state index is 14.5. The molecule has 0 radical (unpaired) electrons. The van der Waals surface area contributed by atoms with Crippen molar-refractivity contribution in [2.75, 3.05) is 31.6 Å². The van der Waals surface area contributed by atoms with Gasteiger partial charge in [-0.15, -0.1) is 0 Å². The summed E-state index contributed by atoms with van der Waals surface area (Å²) in [6, 6.07) is 7.53. The van der Waals surface area contributed by atoms with E-state index in [1.54, 1.807) is 24.4 Å². The minimum atomic E-state index is -0.452. The van der Waals surface area contributed by atoms with Crippen molar-refractivity contribution in [1.29, 1.82) is 0 Å². The van der Waals surface area contributed by atoms with Crippen LogP contribution in [0.5, 0.6) is 11.5 Å². The summed E-state index contributed by atoms with van der Waals surface area (Å²) >= 11 is 0. The third-order valence-electron chi connectivity index (χ3n) is 5.46. The molecule has 33 heavy (non-hydrogen) atoms. The Morgan fingerprint density at radius 3 is 2.30 bits per heavy atom. The number of ether oxygens (including phenoxy) is 2. The van der Waals surface area contributed by atoms with E-state index >= 15 is 0 Å². The number of aromatic nitrogens is 1. The smallest absolute Gasteiger partial charge is 0.253 e.